The summed E-state index contributed by atoms with van der Waals surface area (Å²) in [5.41, 5.74) is 1.18. The molecule has 1 heterocycles. The van der Waals surface area contributed by atoms with Gasteiger partial charge in [-0.15, -0.1) is 0 Å². The van der Waals surface area contributed by atoms with Crippen molar-refractivity contribution in [3.63, 3.8) is 0 Å². The summed E-state index contributed by atoms with van der Waals surface area (Å²) in [6, 6.07) is 9.00. The van der Waals surface area contributed by atoms with Crippen LogP contribution >= 0.6 is 0 Å². The summed E-state index contributed by atoms with van der Waals surface area (Å²) in [5.74, 6) is 0.00556. The highest BCUT2D eigenvalue weighted by molar-refractivity contribution is 5.85. The third-order valence-corrected chi connectivity index (χ3v) is 4.03. The number of rotatable bonds is 4. The predicted octanol–water partition coefficient (Wildman–Crippen LogP) is 5.11. The Bertz CT molecular complexity index is 871. The van der Waals surface area contributed by atoms with E-state index in [-0.39, 0.29) is 5.56 Å². The van der Waals surface area contributed by atoms with Gasteiger partial charge in [0.15, 0.2) is 11.5 Å². The molecular weight excluding hydrogens is 368 g/mol. The molecule has 4 nitrogen and oxygen atoms in total. The van der Waals surface area contributed by atoms with Crippen molar-refractivity contribution < 1.29 is 36.5 Å². The van der Waals surface area contributed by atoms with Crippen LogP contribution in [-0.4, -0.2) is 26.4 Å². The highest BCUT2D eigenvalue weighted by Crippen LogP contribution is 2.50. The second-order valence-electron chi connectivity index (χ2n) is 5.67. The van der Waals surface area contributed by atoms with Gasteiger partial charge in [0.05, 0.1) is 14.2 Å². The molecule has 0 amide bonds. The van der Waals surface area contributed by atoms with Crippen molar-refractivity contribution in [1.29, 1.82) is 0 Å². The van der Waals surface area contributed by atoms with E-state index in [1.54, 1.807) is 31.2 Å². The molecule has 0 unspecified atom stereocenters. The lowest BCUT2D eigenvalue weighted by atomic mass is 9.96. The Hall–Kier alpha value is -2.90. The molecule has 0 N–H and O–H groups in total. The van der Waals surface area contributed by atoms with Crippen LogP contribution in [0.3, 0.4) is 0 Å². The topological polar surface area (TPSA) is 36.9 Å². The van der Waals surface area contributed by atoms with E-state index < -0.39 is 23.7 Å². The molecule has 8 heteroatoms. The monoisotopic (exact) mass is 384 g/mol. The average molecular weight is 384 g/mol. The van der Waals surface area contributed by atoms with Gasteiger partial charge in [0.2, 0.25) is 0 Å². The maximum Gasteiger partial charge on any atom is 0.507 e. The van der Waals surface area contributed by atoms with Gasteiger partial charge < -0.3 is 18.9 Å². The molecule has 0 aliphatic carbocycles. The zero-order chi connectivity index (χ0) is 19.8. The first-order valence-corrected chi connectivity index (χ1v) is 7.89. The van der Waals surface area contributed by atoms with Crippen LogP contribution in [0.1, 0.15) is 18.1 Å². The van der Waals surface area contributed by atoms with Gasteiger partial charge in [-0.05, 0) is 36.3 Å². The van der Waals surface area contributed by atoms with Gasteiger partial charge in [-0.3, -0.25) is 0 Å². The smallest absolute Gasteiger partial charge is 0.497 e. The van der Waals surface area contributed by atoms with E-state index in [1.165, 1.54) is 26.4 Å². The first-order valence-electron chi connectivity index (χ1n) is 7.89. The van der Waals surface area contributed by atoms with E-state index in [9.17, 15) is 17.6 Å². The van der Waals surface area contributed by atoms with Crippen LogP contribution in [0.5, 0.6) is 23.0 Å². The first kappa shape index (κ1) is 18.9. The fourth-order valence-corrected chi connectivity index (χ4v) is 2.74. The van der Waals surface area contributed by atoms with Crippen LogP contribution in [0.4, 0.5) is 17.6 Å². The summed E-state index contributed by atoms with van der Waals surface area (Å²) in [6.07, 6.45) is -7.94. The van der Waals surface area contributed by atoms with Crippen LogP contribution in [0.15, 0.2) is 42.5 Å². The highest BCUT2D eigenvalue weighted by atomic mass is 19.3. The Morgan fingerprint density at radius 3 is 2.07 bits per heavy atom. The van der Waals surface area contributed by atoms with Gasteiger partial charge in [0, 0.05) is 11.6 Å². The summed E-state index contributed by atoms with van der Waals surface area (Å²) >= 11 is 0. The van der Waals surface area contributed by atoms with Gasteiger partial charge in [-0.2, -0.15) is 17.6 Å². The van der Waals surface area contributed by atoms with Gasteiger partial charge in [0.25, 0.3) is 0 Å². The molecule has 0 aromatic heterocycles. The number of hydrogen-bond donors (Lipinski definition) is 0. The largest absolute Gasteiger partial charge is 0.507 e. The SMILES string of the molecule is CC=C(c1cc(OC)cc(OC)c1)c1cccc2c1OC(F)(F)C(F)(F)O2. The average Bonchev–Trinajstić information content (AvgIpc) is 2.63. The number of halogens is 4. The Morgan fingerprint density at radius 2 is 1.52 bits per heavy atom. The van der Waals surface area contributed by atoms with Crippen molar-refractivity contribution in [2.24, 2.45) is 0 Å². The van der Waals surface area contributed by atoms with Crippen molar-refractivity contribution in [1.82, 2.24) is 0 Å². The number of methoxy groups -OCH3 is 2. The van der Waals surface area contributed by atoms with Crippen molar-refractivity contribution in [2.75, 3.05) is 14.2 Å². The van der Waals surface area contributed by atoms with E-state index in [0.29, 0.717) is 22.6 Å². The van der Waals surface area contributed by atoms with Gasteiger partial charge >= 0.3 is 12.2 Å². The van der Waals surface area contributed by atoms with Crippen molar-refractivity contribution in [3.8, 4) is 23.0 Å². The standard InChI is InChI=1S/C19H16F4O4/c1-4-14(11-8-12(24-2)10-13(9-11)25-3)15-6-5-7-16-17(15)27-19(22,23)18(20,21)26-16/h4-10H,1-3H3. The highest BCUT2D eigenvalue weighted by Gasteiger charge is 2.66. The molecule has 0 radical (unpaired) electrons. The summed E-state index contributed by atoms with van der Waals surface area (Å²) in [4.78, 5) is 0. The second kappa shape index (κ2) is 6.68. The minimum atomic E-state index is -4.80. The van der Waals surface area contributed by atoms with Crippen LogP contribution < -0.4 is 18.9 Å². The predicted molar refractivity (Wildman–Crippen MR) is 89.9 cm³/mol. The fraction of sp³-hybridized carbons (Fsp3) is 0.263. The third kappa shape index (κ3) is 3.27. The van der Waals surface area contributed by atoms with E-state index in [2.05, 4.69) is 9.47 Å². The normalized spacial score (nSPS) is 17.4. The molecule has 0 atom stereocenters. The minimum Gasteiger partial charge on any atom is -0.497 e. The van der Waals surface area contributed by atoms with E-state index in [4.69, 9.17) is 9.47 Å². The molecule has 2 aromatic rings. The Balaban J connectivity index is 2.15. The Labute approximate surface area is 152 Å². The van der Waals surface area contributed by atoms with E-state index >= 15 is 0 Å². The lowest BCUT2D eigenvalue weighted by Crippen LogP contribution is -2.52. The minimum absolute atomic E-state index is 0.167. The molecular formula is C19H16F4O4. The molecule has 144 valence electrons. The zero-order valence-electron chi connectivity index (χ0n) is 14.7. The lowest BCUT2D eigenvalue weighted by molar-refractivity contribution is -0.391. The van der Waals surface area contributed by atoms with Crippen molar-refractivity contribution in [2.45, 2.75) is 19.1 Å². The quantitative estimate of drug-likeness (QED) is 0.687. The summed E-state index contributed by atoms with van der Waals surface area (Å²) in [6.45, 7) is 1.68. The fourth-order valence-electron chi connectivity index (χ4n) is 2.74. The molecule has 0 bridgehead atoms. The second-order valence-corrected chi connectivity index (χ2v) is 5.67. The van der Waals surface area contributed by atoms with E-state index in [0.717, 1.165) is 6.07 Å². The molecule has 2 aromatic carbocycles. The van der Waals surface area contributed by atoms with Crippen LogP contribution in [0.25, 0.3) is 5.57 Å². The number of fused-ring (bicyclic) bond motifs is 1. The number of allylic oxidation sites excluding steroid dienone is 1. The molecule has 27 heavy (non-hydrogen) atoms. The number of hydrogen-bond acceptors (Lipinski definition) is 4. The number of benzene rings is 2. The zero-order valence-corrected chi connectivity index (χ0v) is 14.7. The molecule has 0 saturated carbocycles. The van der Waals surface area contributed by atoms with Crippen molar-refractivity contribution in [3.05, 3.63) is 53.6 Å². The van der Waals surface area contributed by atoms with E-state index in [1.807, 2.05) is 0 Å². The molecule has 3 rings (SSSR count). The number of ether oxygens (including phenoxy) is 4. The Kier molecular flexibility index (Phi) is 4.67. The van der Waals surface area contributed by atoms with Crippen LogP contribution in [-0.2, 0) is 0 Å². The van der Waals surface area contributed by atoms with Crippen molar-refractivity contribution >= 4 is 5.57 Å². The van der Waals surface area contributed by atoms with Gasteiger partial charge in [-0.25, -0.2) is 0 Å². The number of para-hydroxylation sites is 1. The number of alkyl halides is 4. The summed E-state index contributed by atoms with van der Waals surface area (Å²) in [5, 5.41) is 0. The first-order chi connectivity index (χ1) is 12.7. The maximum absolute atomic E-state index is 13.7. The van der Waals surface area contributed by atoms with Gasteiger partial charge in [0.1, 0.15) is 11.5 Å². The summed E-state index contributed by atoms with van der Waals surface area (Å²) in [7, 11) is 2.94. The Morgan fingerprint density at radius 1 is 0.926 bits per heavy atom. The maximum atomic E-state index is 13.7. The van der Waals surface area contributed by atoms with Gasteiger partial charge in [-0.1, -0.05) is 18.2 Å². The molecule has 0 fully saturated rings. The van der Waals surface area contributed by atoms with Crippen LogP contribution in [0.2, 0.25) is 0 Å². The molecule has 1 aliphatic rings. The molecule has 1 aliphatic heterocycles. The summed E-state index contributed by atoms with van der Waals surface area (Å²) < 4.78 is 73.3. The lowest BCUT2D eigenvalue weighted by Gasteiger charge is -2.33. The third-order valence-electron chi connectivity index (χ3n) is 4.03. The van der Waals surface area contributed by atoms with Crippen LogP contribution in [0, 0.1) is 0 Å². The molecule has 0 saturated heterocycles. The molecule has 0 spiro atoms.